The summed E-state index contributed by atoms with van der Waals surface area (Å²) >= 11 is 3.63. The zero-order valence-electron chi connectivity index (χ0n) is 38.2. The standard InChI is InChI=1S/C64H39N5S2/c1-2-7-21-41(20-6-1)68-52-31-11-8-23-44(52)47-27-16-33-54(60(47)68)69-53-32-12-9-22-43(53)46-26-14-29-49(59(46)69)63-65-62(40-36-37-56-51(38-40)45-24-10-13-34-55(45)70-56)66-64(67-63)50-30-15-28-48-58-42(39-18-4-3-5-19-39)25-17-35-57(58)71-61(48)50/h1,3-6,8-11,13-20,22-31,33-38H,12,21,32H2. The largest absolute Gasteiger partial charge is 0.310 e. The van der Waals surface area contributed by atoms with Crippen molar-refractivity contribution in [3.8, 4) is 62.8 Å². The lowest BCUT2D eigenvalue weighted by Gasteiger charge is -2.18. The Morgan fingerprint density at radius 3 is 2.15 bits per heavy atom. The highest BCUT2D eigenvalue weighted by molar-refractivity contribution is 7.26. The van der Waals surface area contributed by atoms with Crippen molar-refractivity contribution >= 4 is 107 Å². The number of hydrogen-bond donors (Lipinski definition) is 0. The monoisotopic (exact) mass is 941 g/mol. The second-order valence-corrected chi connectivity index (χ2v) is 20.5. The molecule has 2 aliphatic carbocycles. The first kappa shape index (κ1) is 40.2. The Morgan fingerprint density at radius 1 is 0.507 bits per heavy atom. The Morgan fingerprint density at radius 2 is 1.23 bits per heavy atom. The third-order valence-electron chi connectivity index (χ3n) is 14.4. The van der Waals surface area contributed by atoms with E-state index >= 15 is 0 Å². The molecule has 8 aromatic carbocycles. The van der Waals surface area contributed by atoms with Crippen LogP contribution in [0.1, 0.15) is 24.1 Å². The molecule has 15 rings (SSSR count). The average molecular weight is 942 g/mol. The molecule has 0 atom stereocenters. The number of benzene rings is 8. The third-order valence-corrected chi connectivity index (χ3v) is 16.7. The molecular formula is C64H39N5S2. The van der Waals surface area contributed by atoms with Gasteiger partial charge in [-0.15, -0.1) is 22.7 Å². The fourth-order valence-corrected chi connectivity index (χ4v) is 13.6. The van der Waals surface area contributed by atoms with Crippen LogP contribution in [0.15, 0.2) is 194 Å². The predicted octanol–water partition coefficient (Wildman–Crippen LogP) is 17.1. The molecule has 0 N–H and O–H groups in total. The Bertz CT molecular complexity index is 4560. The second kappa shape index (κ2) is 15.9. The molecule has 0 bridgehead atoms. The fourth-order valence-electron chi connectivity index (χ4n) is 11.3. The van der Waals surface area contributed by atoms with Crippen molar-refractivity contribution in [2.24, 2.45) is 0 Å². The Labute approximate surface area is 416 Å². The molecule has 0 saturated carbocycles. The molecule has 7 heteroatoms. The van der Waals surface area contributed by atoms with Gasteiger partial charge in [0.2, 0.25) is 0 Å². The molecule has 0 spiro atoms. The summed E-state index contributed by atoms with van der Waals surface area (Å²) in [7, 11) is 0. The SMILES string of the molecule is C1#CCC(n2c3ccccc3c3cccc(-n4c5c(c6cccc(-c7nc(-c8ccc9sc%10ccccc%10c9c8)nc(-c8cccc9c8sc8cccc(-c%10ccccc%10)c89)n7)c64)C=CCC5)c32)=CC=C1. The molecular weight excluding hydrogens is 903 g/mol. The van der Waals surface area contributed by atoms with E-state index in [9.17, 15) is 0 Å². The molecule has 71 heavy (non-hydrogen) atoms. The van der Waals surface area contributed by atoms with Gasteiger partial charge in [0.1, 0.15) is 0 Å². The minimum Gasteiger partial charge on any atom is -0.310 e. The Kier molecular flexibility index (Phi) is 9.04. The molecule has 0 unspecified atom stereocenters. The smallest absolute Gasteiger partial charge is 0.166 e. The fraction of sp³-hybridized carbons (Fsp3) is 0.0469. The zero-order valence-corrected chi connectivity index (χ0v) is 39.9. The molecule has 5 aromatic heterocycles. The highest BCUT2D eigenvalue weighted by Crippen LogP contribution is 2.46. The molecule has 0 radical (unpaired) electrons. The van der Waals surface area contributed by atoms with Crippen molar-refractivity contribution in [1.82, 2.24) is 24.1 Å². The summed E-state index contributed by atoms with van der Waals surface area (Å²) in [6.07, 6.45) is 13.3. The molecule has 2 aliphatic rings. The van der Waals surface area contributed by atoms with Crippen LogP contribution in [0.3, 0.4) is 0 Å². The Balaban J connectivity index is 1.02. The number of thiophene rings is 2. The van der Waals surface area contributed by atoms with E-state index in [1.165, 1.54) is 74.2 Å². The van der Waals surface area contributed by atoms with Crippen LogP contribution in [0.2, 0.25) is 0 Å². The maximum Gasteiger partial charge on any atom is 0.166 e. The zero-order chi connectivity index (χ0) is 46.6. The first-order valence-electron chi connectivity index (χ1n) is 24.1. The van der Waals surface area contributed by atoms with Crippen LogP contribution < -0.4 is 0 Å². The van der Waals surface area contributed by atoms with Crippen molar-refractivity contribution in [2.45, 2.75) is 19.3 Å². The highest BCUT2D eigenvalue weighted by atomic mass is 32.1. The number of allylic oxidation sites excluding steroid dienone is 5. The molecule has 332 valence electrons. The van der Waals surface area contributed by atoms with Gasteiger partial charge >= 0.3 is 0 Å². The quantitative estimate of drug-likeness (QED) is 0.156. The number of fused-ring (bicyclic) bond motifs is 12. The minimum atomic E-state index is 0.633. The minimum absolute atomic E-state index is 0.633. The summed E-state index contributed by atoms with van der Waals surface area (Å²) in [6.45, 7) is 0. The molecule has 5 nitrogen and oxygen atoms in total. The maximum atomic E-state index is 5.61. The van der Waals surface area contributed by atoms with Gasteiger partial charge < -0.3 is 9.13 Å². The van der Waals surface area contributed by atoms with Crippen molar-refractivity contribution in [3.05, 3.63) is 205 Å². The van der Waals surface area contributed by atoms with Gasteiger partial charge in [0.15, 0.2) is 17.5 Å². The van der Waals surface area contributed by atoms with Crippen molar-refractivity contribution in [1.29, 1.82) is 0 Å². The first-order chi connectivity index (χ1) is 35.2. The summed E-state index contributed by atoms with van der Waals surface area (Å²) in [4.78, 5) is 16.6. The van der Waals surface area contributed by atoms with Crippen LogP contribution in [-0.4, -0.2) is 24.1 Å². The predicted molar refractivity (Wildman–Crippen MR) is 300 cm³/mol. The van der Waals surface area contributed by atoms with Crippen LogP contribution in [0.25, 0.3) is 136 Å². The van der Waals surface area contributed by atoms with E-state index in [1.807, 2.05) is 28.7 Å². The molecule has 0 fully saturated rings. The Hall–Kier alpha value is -8.67. The van der Waals surface area contributed by atoms with Gasteiger partial charge in [-0.2, -0.15) is 0 Å². The molecule has 0 saturated heterocycles. The van der Waals surface area contributed by atoms with Crippen LogP contribution in [-0.2, 0) is 6.42 Å². The summed E-state index contributed by atoms with van der Waals surface area (Å²) in [6, 6.07) is 61.5. The molecule has 0 aliphatic heterocycles. The van der Waals surface area contributed by atoms with Crippen LogP contribution >= 0.6 is 22.7 Å². The van der Waals surface area contributed by atoms with E-state index in [-0.39, 0.29) is 0 Å². The van der Waals surface area contributed by atoms with Gasteiger partial charge in [0, 0.05) is 90.1 Å². The number of para-hydroxylation sites is 3. The maximum absolute atomic E-state index is 5.61. The van der Waals surface area contributed by atoms with E-state index < -0.39 is 0 Å². The third kappa shape index (κ3) is 6.22. The van der Waals surface area contributed by atoms with Crippen LogP contribution in [0.5, 0.6) is 0 Å². The van der Waals surface area contributed by atoms with Crippen molar-refractivity contribution < 1.29 is 0 Å². The summed E-state index contributed by atoms with van der Waals surface area (Å²) in [5.41, 5.74) is 13.5. The van der Waals surface area contributed by atoms with E-state index in [0.717, 1.165) is 62.2 Å². The topological polar surface area (TPSA) is 48.5 Å². The summed E-state index contributed by atoms with van der Waals surface area (Å²) < 4.78 is 9.87. The number of hydrogen-bond acceptors (Lipinski definition) is 5. The van der Waals surface area contributed by atoms with Gasteiger partial charge in [-0.1, -0.05) is 145 Å². The van der Waals surface area contributed by atoms with Crippen molar-refractivity contribution in [3.63, 3.8) is 0 Å². The normalized spacial score (nSPS) is 13.4. The lowest BCUT2D eigenvalue weighted by atomic mass is 9.99. The van der Waals surface area contributed by atoms with E-state index in [1.54, 1.807) is 0 Å². The van der Waals surface area contributed by atoms with Gasteiger partial charge in [-0.05, 0) is 90.7 Å². The first-order valence-corrected chi connectivity index (χ1v) is 25.7. The lowest BCUT2D eigenvalue weighted by molar-refractivity contribution is 0.889. The van der Waals surface area contributed by atoms with Crippen molar-refractivity contribution in [2.75, 3.05) is 0 Å². The van der Waals surface area contributed by atoms with E-state index in [2.05, 4.69) is 215 Å². The summed E-state index contributed by atoms with van der Waals surface area (Å²) in [5.74, 6) is 8.54. The lowest BCUT2D eigenvalue weighted by Crippen LogP contribution is -2.07. The van der Waals surface area contributed by atoms with Gasteiger partial charge in [0.25, 0.3) is 0 Å². The molecule has 0 amide bonds. The van der Waals surface area contributed by atoms with E-state index in [0.29, 0.717) is 23.9 Å². The molecule has 5 heterocycles. The number of aromatic nitrogens is 5. The van der Waals surface area contributed by atoms with Gasteiger partial charge in [0.05, 0.1) is 28.7 Å². The second-order valence-electron chi connectivity index (χ2n) is 18.3. The van der Waals surface area contributed by atoms with Crippen LogP contribution in [0.4, 0.5) is 0 Å². The number of rotatable bonds is 6. The summed E-state index contributed by atoms with van der Waals surface area (Å²) in [5, 5.41) is 8.48. The van der Waals surface area contributed by atoms with E-state index in [4.69, 9.17) is 15.0 Å². The average Bonchev–Trinajstić information content (AvgIpc) is 4.13. The number of nitrogens with zero attached hydrogens (tertiary/aromatic N) is 5. The highest BCUT2D eigenvalue weighted by Gasteiger charge is 2.27. The van der Waals surface area contributed by atoms with Gasteiger partial charge in [-0.25, -0.2) is 15.0 Å². The van der Waals surface area contributed by atoms with Crippen LogP contribution in [0, 0.1) is 11.8 Å². The molecule has 13 aromatic rings. The van der Waals surface area contributed by atoms with Gasteiger partial charge in [-0.3, -0.25) is 0 Å².